The first kappa shape index (κ1) is 18.2. The largest absolute Gasteiger partial charge is 0.496 e. The maximum absolute atomic E-state index is 12.0. The second-order valence-corrected chi connectivity index (χ2v) is 6.99. The van der Waals surface area contributed by atoms with Gasteiger partial charge < -0.3 is 14.8 Å². The summed E-state index contributed by atoms with van der Waals surface area (Å²) in [5.74, 6) is 1.04. The fourth-order valence-corrected chi connectivity index (χ4v) is 4.13. The zero-order valence-corrected chi connectivity index (χ0v) is 14.6. The van der Waals surface area contributed by atoms with E-state index < -0.39 is 17.4 Å². The number of nitro groups is 1. The fourth-order valence-electron chi connectivity index (χ4n) is 4.13. The van der Waals surface area contributed by atoms with E-state index in [1.54, 1.807) is 0 Å². The van der Waals surface area contributed by atoms with Crippen molar-refractivity contribution in [3.8, 4) is 5.75 Å². The van der Waals surface area contributed by atoms with Gasteiger partial charge in [-0.15, -0.1) is 0 Å². The maximum Gasteiger partial charge on any atom is 0.306 e. The van der Waals surface area contributed by atoms with Crippen molar-refractivity contribution >= 4 is 23.3 Å². The Bertz CT molecular complexity index is 720. The van der Waals surface area contributed by atoms with Crippen molar-refractivity contribution in [3.05, 3.63) is 28.3 Å². The molecular formula is C18H22N2O6. The highest BCUT2D eigenvalue weighted by Crippen LogP contribution is 2.49. The topological polar surface area (TPSA) is 108 Å². The van der Waals surface area contributed by atoms with Crippen LogP contribution in [0.25, 0.3) is 0 Å². The average molecular weight is 362 g/mol. The predicted octanol–water partition coefficient (Wildman–Crippen LogP) is 2.91. The number of methoxy groups -OCH3 is 1. The molecule has 1 N–H and O–H groups in total. The number of benzene rings is 1. The van der Waals surface area contributed by atoms with Crippen LogP contribution in [0.3, 0.4) is 0 Å². The minimum absolute atomic E-state index is 0.0324. The van der Waals surface area contributed by atoms with Gasteiger partial charge in [0.25, 0.3) is 11.6 Å². The predicted molar refractivity (Wildman–Crippen MR) is 92.8 cm³/mol. The molecule has 140 valence electrons. The molecule has 0 aromatic heterocycles. The summed E-state index contributed by atoms with van der Waals surface area (Å²) in [5.41, 5.74) is -0.254. The molecule has 3 rings (SSSR count). The highest BCUT2D eigenvalue weighted by atomic mass is 16.6. The van der Waals surface area contributed by atoms with E-state index >= 15 is 0 Å². The summed E-state index contributed by atoms with van der Waals surface area (Å²) in [6.07, 6.45) is 5.07. The first-order chi connectivity index (χ1) is 12.5. The first-order valence-corrected chi connectivity index (χ1v) is 8.74. The molecule has 8 nitrogen and oxygen atoms in total. The molecule has 3 atom stereocenters. The SMILES string of the molecule is COc1ccc(NC(=O)COC(=O)C[C@H]2C[C@@H]3CC[C@@H]2C3)c([N+](=O)[O-])c1. The van der Waals surface area contributed by atoms with E-state index in [0.717, 1.165) is 12.3 Å². The fraction of sp³-hybridized carbons (Fsp3) is 0.556. The molecule has 8 heteroatoms. The van der Waals surface area contributed by atoms with Crippen molar-refractivity contribution in [2.75, 3.05) is 19.0 Å². The van der Waals surface area contributed by atoms with Crippen LogP contribution >= 0.6 is 0 Å². The lowest BCUT2D eigenvalue weighted by Crippen LogP contribution is -2.23. The number of nitrogens with one attached hydrogen (secondary N) is 1. The summed E-state index contributed by atoms with van der Waals surface area (Å²) in [7, 11) is 1.40. The zero-order valence-electron chi connectivity index (χ0n) is 14.6. The lowest BCUT2D eigenvalue weighted by atomic mass is 9.86. The molecule has 0 radical (unpaired) electrons. The number of nitro benzene ring substituents is 1. The molecule has 2 aliphatic rings. The van der Waals surface area contributed by atoms with Gasteiger partial charge in [0, 0.05) is 6.42 Å². The van der Waals surface area contributed by atoms with Crippen molar-refractivity contribution in [2.45, 2.75) is 32.1 Å². The van der Waals surface area contributed by atoms with E-state index in [9.17, 15) is 19.7 Å². The summed E-state index contributed by atoms with van der Waals surface area (Å²) < 4.78 is 9.99. The standard InChI is InChI=1S/C18H22N2O6/c1-25-14-4-5-15(16(9-14)20(23)24)19-17(21)10-26-18(22)8-13-7-11-2-3-12(13)6-11/h4-5,9,11-13H,2-3,6-8,10H2,1H3,(H,19,21)/t11-,12-,13-/m1/s1. The number of hydrogen-bond acceptors (Lipinski definition) is 6. The van der Waals surface area contributed by atoms with Crippen LogP contribution in [0.1, 0.15) is 32.1 Å². The van der Waals surface area contributed by atoms with Crippen LogP contribution in [0, 0.1) is 27.9 Å². The van der Waals surface area contributed by atoms with Gasteiger partial charge >= 0.3 is 5.97 Å². The molecule has 1 amide bonds. The van der Waals surface area contributed by atoms with Crippen molar-refractivity contribution in [2.24, 2.45) is 17.8 Å². The van der Waals surface area contributed by atoms with Crippen LogP contribution in [0.4, 0.5) is 11.4 Å². The lowest BCUT2D eigenvalue weighted by molar-refractivity contribution is -0.384. The summed E-state index contributed by atoms with van der Waals surface area (Å²) >= 11 is 0. The number of carbonyl (C=O) groups excluding carboxylic acids is 2. The van der Waals surface area contributed by atoms with Crippen molar-refractivity contribution < 1.29 is 24.0 Å². The number of rotatable bonds is 7. The number of anilines is 1. The quantitative estimate of drug-likeness (QED) is 0.454. The third kappa shape index (κ3) is 4.12. The molecule has 0 unspecified atom stereocenters. The maximum atomic E-state index is 12.0. The minimum atomic E-state index is -0.612. The van der Waals surface area contributed by atoms with Gasteiger partial charge in [0.1, 0.15) is 11.4 Å². The van der Waals surface area contributed by atoms with Crippen molar-refractivity contribution in [3.63, 3.8) is 0 Å². The molecule has 0 spiro atoms. The smallest absolute Gasteiger partial charge is 0.306 e. The Morgan fingerprint density at radius 2 is 2.12 bits per heavy atom. The Morgan fingerprint density at radius 3 is 2.73 bits per heavy atom. The molecule has 2 saturated carbocycles. The molecule has 0 saturated heterocycles. The average Bonchev–Trinajstić information content (AvgIpc) is 3.23. The number of carbonyl (C=O) groups is 2. The van der Waals surface area contributed by atoms with Crippen LogP contribution < -0.4 is 10.1 Å². The van der Waals surface area contributed by atoms with E-state index in [-0.39, 0.29) is 17.3 Å². The second kappa shape index (κ2) is 7.72. The number of esters is 1. The minimum Gasteiger partial charge on any atom is -0.496 e. The van der Waals surface area contributed by atoms with Gasteiger partial charge in [-0.3, -0.25) is 19.7 Å². The van der Waals surface area contributed by atoms with E-state index in [0.29, 0.717) is 24.0 Å². The highest BCUT2D eigenvalue weighted by molar-refractivity contribution is 5.95. The van der Waals surface area contributed by atoms with Gasteiger partial charge in [-0.25, -0.2) is 0 Å². The van der Waals surface area contributed by atoms with Gasteiger partial charge in [-0.2, -0.15) is 0 Å². The molecule has 0 heterocycles. The van der Waals surface area contributed by atoms with Gasteiger partial charge in [0.15, 0.2) is 6.61 Å². The summed E-state index contributed by atoms with van der Waals surface area (Å²) in [5, 5.41) is 13.5. The first-order valence-electron chi connectivity index (χ1n) is 8.74. The van der Waals surface area contributed by atoms with E-state index in [1.807, 2.05) is 0 Å². The summed E-state index contributed by atoms with van der Waals surface area (Å²) in [6, 6.07) is 4.10. The Hall–Kier alpha value is -2.64. The molecule has 1 aromatic carbocycles. The molecule has 26 heavy (non-hydrogen) atoms. The monoisotopic (exact) mass is 362 g/mol. The molecule has 2 bridgehead atoms. The Balaban J connectivity index is 1.49. The number of ether oxygens (including phenoxy) is 2. The Morgan fingerprint density at radius 1 is 1.31 bits per heavy atom. The van der Waals surface area contributed by atoms with E-state index in [4.69, 9.17) is 9.47 Å². The number of nitrogens with zero attached hydrogens (tertiary/aromatic N) is 1. The van der Waals surface area contributed by atoms with Crippen LogP contribution in [0.2, 0.25) is 0 Å². The molecule has 2 fully saturated rings. The lowest BCUT2D eigenvalue weighted by Gasteiger charge is -2.20. The zero-order chi connectivity index (χ0) is 18.7. The van der Waals surface area contributed by atoms with Crippen molar-refractivity contribution in [1.29, 1.82) is 0 Å². The third-order valence-corrected chi connectivity index (χ3v) is 5.35. The normalized spacial score (nSPS) is 23.5. The van der Waals surface area contributed by atoms with E-state index in [2.05, 4.69) is 5.32 Å². The van der Waals surface area contributed by atoms with Gasteiger partial charge in [-0.05, 0) is 49.1 Å². The summed E-state index contributed by atoms with van der Waals surface area (Å²) in [4.78, 5) is 34.4. The van der Waals surface area contributed by atoms with Crippen molar-refractivity contribution in [1.82, 2.24) is 0 Å². The van der Waals surface area contributed by atoms with Gasteiger partial charge in [0.2, 0.25) is 0 Å². The Labute approximate surface area is 151 Å². The molecule has 1 aromatic rings. The summed E-state index contributed by atoms with van der Waals surface area (Å²) in [6.45, 7) is -0.456. The van der Waals surface area contributed by atoms with Crippen LogP contribution in [0.15, 0.2) is 18.2 Å². The molecule has 2 aliphatic carbocycles. The van der Waals surface area contributed by atoms with Crippen LogP contribution in [0.5, 0.6) is 5.75 Å². The van der Waals surface area contributed by atoms with Crippen LogP contribution in [-0.4, -0.2) is 30.5 Å². The number of fused-ring (bicyclic) bond motifs is 2. The third-order valence-electron chi connectivity index (χ3n) is 5.35. The van der Waals surface area contributed by atoms with Crippen LogP contribution in [-0.2, 0) is 14.3 Å². The van der Waals surface area contributed by atoms with E-state index in [1.165, 1.54) is 44.6 Å². The molecule has 0 aliphatic heterocycles. The Kier molecular flexibility index (Phi) is 5.39. The number of amides is 1. The van der Waals surface area contributed by atoms with Gasteiger partial charge in [-0.1, -0.05) is 6.42 Å². The van der Waals surface area contributed by atoms with Gasteiger partial charge in [0.05, 0.1) is 18.1 Å². The molecular weight excluding hydrogens is 340 g/mol. The second-order valence-electron chi connectivity index (χ2n) is 6.99. The number of hydrogen-bond donors (Lipinski definition) is 1. The highest BCUT2D eigenvalue weighted by Gasteiger charge is 2.40.